The summed E-state index contributed by atoms with van der Waals surface area (Å²) >= 11 is 1.43. The smallest absolute Gasteiger partial charge is 0.310 e. The van der Waals surface area contributed by atoms with Crippen LogP contribution >= 0.6 is 11.3 Å². The van der Waals surface area contributed by atoms with Crippen molar-refractivity contribution < 1.29 is 14.3 Å². The molecule has 1 amide bonds. The van der Waals surface area contributed by atoms with Gasteiger partial charge in [0, 0.05) is 45.5 Å². The lowest BCUT2D eigenvalue weighted by Gasteiger charge is -2.36. The van der Waals surface area contributed by atoms with Crippen LogP contribution in [0.1, 0.15) is 40.8 Å². The van der Waals surface area contributed by atoms with E-state index in [0.29, 0.717) is 30.4 Å². The number of likely N-dealkylation sites (tertiary alicyclic amines) is 1. The average molecular weight is 509 g/mol. The van der Waals surface area contributed by atoms with Crippen molar-refractivity contribution in [3.8, 4) is 0 Å². The van der Waals surface area contributed by atoms with Gasteiger partial charge in [0.15, 0.2) is 0 Å². The number of rotatable bonds is 5. The fourth-order valence-electron chi connectivity index (χ4n) is 5.10. The zero-order chi connectivity index (χ0) is 25.2. The number of piperazine rings is 1. The highest BCUT2D eigenvalue weighted by Gasteiger charge is 2.32. The Kier molecular flexibility index (Phi) is 7.04. The van der Waals surface area contributed by atoms with Gasteiger partial charge in [-0.25, -0.2) is 15.0 Å². The van der Waals surface area contributed by atoms with Gasteiger partial charge in [0.05, 0.1) is 22.8 Å². The summed E-state index contributed by atoms with van der Waals surface area (Å²) in [5, 5.41) is 0.958. The number of aromatic nitrogens is 3. The number of ether oxygens (including phenoxy) is 1. The molecular formula is C26H32N6O3S. The molecule has 2 aliphatic rings. The molecule has 5 heterocycles. The maximum Gasteiger partial charge on any atom is 0.310 e. The number of amides is 1. The fraction of sp³-hybridized carbons (Fsp3) is 0.500. The first-order chi connectivity index (χ1) is 17.5. The molecule has 0 saturated carbocycles. The van der Waals surface area contributed by atoms with Crippen LogP contribution in [0, 0.1) is 19.8 Å². The number of carbonyl (C=O) groups excluding carboxylic acids is 2. The quantitative estimate of drug-likeness (QED) is 0.484. The van der Waals surface area contributed by atoms with Crippen molar-refractivity contribution in [2.45, 2.75) is 33.6 Å². The minimum atomic E-state index is -0.259. The number of carbonyl (C=O) groups is 2. The zero-order valence-electron chi connectivity index (χ0n) is 21.1. The molecule has 3 aromatic heterocycles. The third-order valence-corrected chi connectivity index (χ3v) is 8.13. The van der Waals surface area contributed by atoms with Crippen LogP contribution in [0.5, 0.6) is 0 Å². The number of esters is 1. The molecule has 10 heteroatoms. The van der Waals surface area contributed by atoms with E-state index in [2.05, 4.69) is 19.8 Å². The van der Waals surface area contributed by atoms with Crippen molar-refractivity contribution in [2.75, 3.05) is 55.7 Å². The van der Waals surface area contributed by atoms with E-state index in [-0.39, 0.29) is 17.8 Å². The Morgan fingerprint density at radius 3 is 2.58 bits per heavy atom. The standard InChI is InChI=1S/C26H32N6O3S/c1-4-35-26(34)19-8-7-11-32(16-19)25(33)22-17(2)21-23(28-18(3)29-24(21)36-22)31-14-12-30(13-15-31)20-9-5-6-10-27-20/h5-6,9-10,19H,4,7-8,11-16H2,1-3H3. The highest BCUT2D eigenvalue weighted by molar-refractivity contribution is 7.20. The Morgan fingerprint density at radius 1 is 1.08 bits per heavy atom. The molecule has 9 nitrogen and oxygen atoms in total. The monoisotopic (exact) mass is 508 g/mol. The van der Waals surface area contributed by atoms with Crippen LogP contribution in [0.25, 0.3) is 10.2 Å². The van der Waals surface area contributed by atoms with E-state index in [0.717, 1.165) is 66.4 Å². The van der Waals surface area contributed by atoms with Crippen molar-refractivity contribution in [1.29, 1.82) is 0 Å². The summed E-state index contributed by atoms with van der Waals surface area (Å²) in [6, 6.07) is 5.98. The van der Waals surface area contributed by atoms with Gasteiger partial charge in [-0.15, -0.1) is 11.3 Å². The van der Waals surface area contributed by atoms with Crippen LogP contribution in [-0.2, 0) is 9.53 Å². The predicted octanol–water partition coefficient (Wildman–Crippen LogP) is 3.45. The zero-order valence-corrected chi connectivity index (χ0v) is 21.9. The number of piperidine rings is 1. The fourth-order valence-corrected chi connectivity index (χ4v) is 6.29. The number of nitrogens with zero attached hydrogens (tertiary/aromatic N) is 6. The van der Waals surface area contributed by atoms with E-state index in [1.807, 2.05) is 45.2 Å². The Morgan fingerprint density at radius 2 is 1.86 bits per heavy atom. The maximum atomic E-state index is 13.6. The van der Waals surface area contributed by atoms with Crippen LogP contribution in [0.4, 0.5) is 11.6 Å². The molecular weight excluding hydrogens is 476 g/mol. The number of aryl methyl sites for hydroxylation is 2. The van der Waals surface area contributed by atoms with Gasteiger partial charge < -0.3 is 19.4 Å². The van der Waals surface area contributed by atoms with Gasteiger partial charge in [-0.05, 0) is 51.3 Å². The highest BCUT2D eigenvalue weighted by Crippen LogP contribution is 2.37. The lowest BCUT2D eigenvalue weighted by Crippen LogP contribution is -2.47. The van der Waals surface area contributed by atoms with E-state index in [9.17, 15) is 9.59 Å². The molecule has 0 spiro atoms. The predicted molar refractivity (Wildman–Crippen MR) is 141 cm³/mol. The third kappa shape index (κ3) is 4.74. The molecule has 0 aliphatic carbocycles. The Labute approximate surface area is 215 Å². The molecule has 0 bridgehead atoms. The Bertz CT molecular complexity index is 1260. The largest absolute Gasteiger partial charge is 0.466 e. The number of pyridine rings is 1. The molecule has 3 aromatic rings. The van der Waals surface area contributed by atoms with Crippen molar-refractivity contribution in [2.24, 2.45) is 5.92 Å². The minimum absolute atomic E-state index is 0.0342. The number of thiophene rings is 1. The van der Waals surface area contributed by atoms with Gasteiger partial charge in [-0.3, -0.25) is 9.59 Å². The molecule has 2 fully saturated rings. The summed E-state index contributed by atoms with van der Waals surface area (Å²) in [7, 11) is 0. The van der Waals surface area contributed by atoms with Crippen molar-refractivity contribution in [3.63, 3.8) is 0 Å². The lowest BCUT2D eigenvalue weighted by molar-refractivity contribution is -0.149. The van der Waals surface area contributed by atoms with Gasteiger partial charge in [-0.2, -0.15) is 0 Å². The van der Waals surface area contributed by atoms with Gasteiger partial charge in [0.1, 0.15) is 22.3 Å². The van der Waals surface area contributed by atoms with Crippen LogP contribution in [0.15, 0.2) is 24.4 Å². The summed E-state index contributed by atoms with van der Waals surface area (Å²) in [5.74, 6) is 2.08. The minimum Gasteiger partial charge on any atom is -0.466 e. The number of hydrogen-bond donors (Lipinski definition) is 0. The summed E-state index contributed by atoms with van der Waals surface area (Å²) in [6.07, 6.45) is 3.38. The number of hydrogen-bond acceptors (Lipinski definition) is 9. The molecule has 0 radical (unpaired) electrons. The van der Waals surface area contributed by atoms with Gasteiger partial charge in [0.25, 0.3) is 5.91 Å². The molecule has 2 saturated heterocycles. The van der Waals surface area contributed by atoms with Crippen LogP contribution in [-0.4, -0.2) is 77.6 Å². The first-order valence-electron chi connectivity index (χ1n) is 12.6. The van der Waals surface area contributed by atoms with E-state index < -0.39 is 0 Å². The van der Waals surface area contributed by atoms with Gasteiger partial charge >= 0.3 is 5.97 Å². The van der Waals surface area contributed by atoms with Crippen LogP contribution in [0.2, 0.25) is 0 Å². The van der Waals surface area contributed by atoms with Crippen LogP contribution < -0.4 is 9.80 Å². The van der Waals surface area contributed by atoms with Gasteiger partial charge in [-0.1, -0.05) is 6.07 Å². The van der Waals surface area contributed by atoms with Crippen molar-refractivity contribution in [1.82, 2.24) is 19.9 Å². The maximum absolute atomic E-state index is 13.6. The second kappa shape index (κ2) is 10.4. The first kappa shape index (κ1) is 24.4. The third-order valence-electron chi connectivity index (χ3n) is 6.96. The van der Waals surface area contributed by atoms with E-state index in [4.69, 9.17) is 9.72 Å². The highest BCUT2D eigenvalue weighted by atomic mass is 32.1. The Balaban J connectivity index is 1.39. The second-order valence-electron chi connectivity index (χ2n) is 9.34. The number of anilines is 2. The van der Waals surface area contributed by atoms with Crippen molar-refractivity contribution in [3.05, 3.63) is 40.7 Å². The Hall–Kier alpha value is -3.27. The summed E-state index contributed by atoms with van der Waals surface area (Å²) in [6.45, 7) is 10.4. The molecule has 2 aliphatic heterocycles. The molecule has 1 atom stereocenters. The lowest BCUT2D eigenvalue weighted by atomic mass is 9.98. The molecule has 1 unspecified atom stereocenters. The molecule has 190 valence electrons. The second-order valence-corrected chi connectivity index (χ2v) is 10.3. The molecule has 0 aromatic carbocycles. The van der Waals surface area contributed by atoms with Gasteiger partial charge in [0.2, 0.25) is 0 Å². The molecule has 0 N–H and O–H groups in total. The summed E-state index contributed by atoms with van der Waals surface area (Å²) in [5.41, 5.74) is 0.917. The SMILES string of the molecule is CCOC(=O)C1CCCN(C(=O)c2sc3nc(C)nc(N4CCN(c5ccccn5)CC4)c3c2C)C1. The van der Waals surface area contributed by atoms with Crippen LogP contribution in [0.3, 0.4) is 0 Å². The number of fused-ring (bicyclic) bond motifs is 1. The van der Waals surface area contributed by atoms with E-state index >= 15 is 0 Å². The average Bonchev–Trinajstić information content (AvgIpc) is 3.24. The topological polar surface area (TPSA) is 91.8 Å². The van der Waals surface area contributed by atoms with E-state index in [1.165, 1.54) is 11.3 Å². The normalized spacial score (nSPS) is 18.5. The van der Waals surface area contributed by atoms with E-state index in [1.54, 1.807) is 4.90 Å². The summed E-state index contributed by atoms with van der Waals surface area (Å²) < 4.78 is 5.21. The first-order valence-corrected chi connectivity index (χ1v) is 13.4. The van der Waals surface area contributed by atoms with Crippen molar-refractivity contribution >= 4 is 45.1 Å². The molecule has 36 heavy (non-hydrogen) atoms. The summed E-state index contributed by atoms with van der Waals surface area (Å²) in [4.78, 5) is 47.8. The molecule has 5 rings (SSSR count).